The van der Waals surface area contributed by atoms with Gasteiger partial charge in [0.2, 0.25) is 0 Å². The summed E-state index contributed by atoms with van der Waals surface area (Å²) in [5, 5.41) is 12.1. The maximum absolute atomic E-state index is 10.5. The molecule has 3 heteroatoms. The Hall–Kier alpha value is -0.830. The van der Waals surface area contributed by atoms with Crippen molar-refractivity contribution in [2.45, 2.75) is 51.5 Å². The topological polar surface area (TPSA) is 49.3 Å². The molecule has 0 unspecified atom stereocenters. The summed E-state index contributed by atoms with van der Waals surface area (Å²) in [6, 6.07) is 0.588. The van der Waals surface area contributed by atoms with E-state index in [1.165, 1.54) is 38.5 Å². The minimum absolute atomic E-state index is 0.427. The Balaban J connectivity index is 2.23. The molecule has 86 valence electrons. The highest BCUT2D eigenvalue weighted by atomic mass is 16.4. The third-order valence-electron chi connectivity index (χ3n) is 3.01. The van der Waals surface area contributed by atoms with Crippen LogP contribution < -0.4 is 5.32 Å². The lowest BCUT2D eigenvalue weighted by atomic mass is 10.1. The van der Waals surface area contributed by atoms with Crippen LogP contribution in [0.15, 0.2) is 11.6 Å². The van der Waals surface area contributed by atoms with Gasteiger partial charge in [-0.3, -0.25) is 0 Å². The monoisotopic (exact) mass is 211 g/mol. The summed E-state index contributed by atoms with van der Waals surface area (Å²) < 4.78 is 0. The Labute approximate surface area is 91.6 Å². The predicted octanol–water partition coefficient (Wildman–Crippen LogP) is 2.33. The van der Waals surface area contributed by atoms with E-state index in [9.17, 15) is 4.79 Å². The van der Waals surface area contributed by atoms with E-state index in [0.717, 1.165) is 0 Å². The van der Waals surface area contributed by atoms with Crippen LogP contribution in [0.2, 0.25) is 0 Å². The van der Waals surface area contributed by atoms with Crippen LogP contribution in [0, 0.1) is 0 Å². The smallest absolute Gasteiger partial charge is 0.330 e. The predicted molar refractivity (Wildman–Crippen MR) is 60.9 cm³/mol. The van der Waals surface area contributed by atoms with Crippen molar-refractivity contribution in [2.75, 3.05) is 6.54 Å². The summed E-state index contributed by atoms with van der Waals surface area (Å²) in [4.78, 5) is 10.5. The summed E-state index contributed by atoms with van der Waals surface area (Å²) in [7, 11) is 0. The fraction of sp³-hybridized carbons (Fsp3) is 0.750. The summed E-state index contributed by atoms with van der Waals surface area (Å²) in [5.74, 6) is -0.822. The summed E-state index contributed by atoms with van der Waals surface area (Å²) in [5.41, 5.74) is 0.427. The van der Waals surface area contributed by atoms with Gasteiger partial charge in [-0.25, -0.2) is 4.79 Å². The highest BCUT2D eigenvalue weighted by Crippen LogP contribution is 2.16. The molecule has 1 saturated carbocycles. The minimum Gasteiger partial charge on any atom is -0.478 e. The molecule has 15 heavy (non-hydrogen) atoms. The SMILES string of the molecule is CC(=CCNC1CCCCCC1)C(=O)O. The maximum Gasteiger partial charge on any atom is 0.330 e. The van der Waals surface area contributed by atoms with Crippen LogP contribution in [0.5, 0.6) is 0 Å². The van der Waals surface area contributed by atoms with Gasteiger partial charge in [-0.05, 0) is 19.8 Å². The number of carbonyl (C=O) groups is 1. The van der Waals surface area contributed by atoms with Crippen LogP contribution in [-0.2, 0) is 4.79 Å². The maximum atomic E-state index is 10.5. The number of hydrogen-bond acceptors (Lipinski definition) is 2. The number of carboxylic acid groups (broad SMARTS) is 1. The number of aliphatic carboxylic acids is 1. The number of hydrogen-bond donors (Lipinski definition) is 2. The van der Waals surface area contributed by atoms with Gasteiger partial charge in [-0.15, -0.1) is 0 Å². The Morgan fingerprint density at radius 2 is 1.93 bits per heavy atom. The third-order valence-corrected chi connectivity index (χ3v) is 3.01. The first-order valence-electron chi connectivity index (χ1n) is 5.83. The summed E-state index contributed by atoms with van der Waals surface area (Å²) in [6.07, 6.45) is 9.54. The minimum atomic E-state index is -0.822. The zero-order valence-electron chi connectivity index (χ0n) is 9.46. The molecule has 0 spiro atoms. The van der Waals surface area contributed by atoms with Gasteiger partial charge >= 0.3 is 5.97 Å². The molecule has 0 bridgehead atoms. The molecule has 0 atom stereocenters. The number of carboxylic acids is 1. The number of rotatable bonds is 4. The first-order valence-corrected chi connectivity index (χ1v) is 5.83. The molecule has 3 nitrogen and oxygen atoms in total. The van der Waals surface area contributed by atoms with Gasteiger partial charge in [0.25, 0.3) is 0 Å². The van der Waals surface area contributed by atoms with Gasteiger partial charge in [-0.2, -0.15) is 0 Å². The first-order chi connectivity index (χ1) is 7.20. The highest BCUT2D eigenvalue weighted by Gasteiger charge is 2.10. The van der Waals surface area contributed by atoms with Gasteiger partial charge in [0.1, 0.15) is 0 Å². The lowest BCUT2D eigenvalue weighted by Crippen LogP contribution is -2.28. The van der Waals surface area contributed by atoms with E-state index in [-0.39, 0.29) is 0 Å². The van der Waals surface area contributed by atoms with E-state index in [1.54, 1.807) is 13.0 Å². The Morgan fingerprint density at radius 1 is 1.33 bits per heavy atom. The molecular weight excluding hydrogens is 190 g/mol. The van der Waals surface area contributed by atoms with Crippen LogP contribution in [0.4, 0.5) is 0 Å². The van der Waals surface area contributed by atoms with Crippen molar-refractivity contribution in [1.29, 1.82) is 0 Å². The molecule has 1 aliphatic carbocycles. The highest BCUT2D eigenvalue weighted by molar-refractivity contribution is 5.85. The van der Waals surface area contributed by atoms with Crippen molar-refractivity contribution in [3.05, 3.63) is 11.6 Å². The fourth-order valence-corrected chi connectivity index (χ4v) is 1.95. The molecule has 1 aliphatic rings. The zero-order valence-corrected chi connectivity index (χ0v) is 9.46. The van der Waals surface area contributed by atoms with E-state index in [1.807, 2.05) is 0 Å². The molecule has 0 aliphatic heterocycles. The van der Waals surface area contributed by atoms with Crippen LogP contribution in [0.1, 0.15) is 45.4 Å². The second-order valence-corrected chi connectivity index (χ2v) is 4.29. The number of nitrogens with one attached hydrogen (secondary N) is 1. The molecule has 0 aromatic carbocycles. The van der Waals surface area contributed by atoms with Crippen molar-refractivity contribution in [3.63, 3.8) is 0 Å². The molecule has 0 amide bonds. The van der Waals surface area contributed by atoms with Gasteiger partial charge in [0, 0.05) is 18.2 Å². The Morgan fingerprint density at radius 3 is 2.47 bits per heavy atom. The summed E-state index contributed by atoms with van der Waals surface area (Å²) in [6.45, 7) is 2.32. The Kier molecular flexibility index (Phi) is 5.40. The standard InChI is InChI=1S/C12H21NO2/c1-10(12(14)15)8-9-13-11-6-4-2-3-5-7-11/h8,11,13H,2-7,9H2,1H3,(H,14,15). The lowest BCUT2D eigenvalue weighted by molar-refractivity contribution is -0.132. The van der Waals surface area contributed by atoms with Crippen LogP contribution in [0.3, 0.4) is 0 Å². The van der Waals surface area contributed by atoms with Crippen molar-refractivity contribution < 1.29 is 9.90 Å². The average Bonchev–Trinajstić information content (AvgIpc) is 2.46. The molecule has 0 heterocycles. The fourth-order valence-electron chi connectivity index (χ4n) is 1.95. The van der Waals surface area contributed by atoms with Gasteiger partial charge in [0.05, 0.1) is 0 Å². The second kappa shape index (κ2) is 6.62. The lowest BCUT2D eigenvalue weighted by Gasteiger charge is -2.14. The first kappa shape index (κ1) is 12.2. The largest absolute Gasteiger partial charge is 0.478 e. The molecular formula is C12H21NO2. The quantitative estimate of drug-likeness (QED) is 0.554. The second-order valence-electron chi connectivity index (χ2n) is 4.29. The van der Waals surface area contributed by atoms with Gasteiger partial charge in [-0.1, -0.05) is 31.8 Å². The van der Waals surface area contributed by atoms with E-state index in [4.69, 9.17) is 5.11 Å². The van der Waals surface area contributed by atoms with E-state index in [2.05, 4.69) is 5.32 Å². The van der Waals surface area contributed by atoms with Gasteiger partial charge in [0.15, 0.2) is 0 Å². The zero-order chi connectivity index (χ0) is 11.1. The average molecular weight is 211 g/mol. The molecule has 2 N–H and O–H groups in total. The molecule has 0 aromatic rings. The van der Waals surface area contributed by atoms with Crippen LogP contribution >= 0.6 is 0 Å². The van der Waals surface area contributed by atoms with Crippen molar-refractivity contribution >= 4 is 5.97 Å². The molecule has 1 rings (SSSR count). The molecule has 0 saturated heterocycles. The molecule has 0 aromatic heterocycles. The van der Waals surface area contributed by atoms with Crippen LogP contribution in [0.25, 0.3) is 0 Å². The van der Waals surface area contributed by atoms with Gasteiger partial charge < -0.3 is 10.4 Å². The molecule has 0 radical (unpaired) electrons. The molecule has 1 fully saturated rings. The third kappa shape index (κ3) is 4.98. The van der Waals surface area contributed by atoms with E-state index >= 15 is 0 Å². The Bertz CT molecular complexity index is 228. The van der Waals surface area contributed by atoms with Crippen molar-refractivity contribution in [3.8, 4) is 0 Å². The van der Waals surface area contributed by atoms with Crippen molar-refractivity contribution in [1.82, 2.24) is 5.32 Å². The summed E-state index contributed by atoms with van der Waals surface area (Å²) >= 11 is 0. The normalized spacial score (nSPS) is 19.9. The van der Waals surface area contributed by atoms with E-state index in [0.29, 0.717) is 18.2 Å². The van der Waals surface area contributed by atoms with Crippen LogP contribution in [-0.4, -0.2) is 23.7 Å². The van der Waals surface area contributed by atoms with E-state index < -0.39 is 5.97 Å². The van der Waals surface area contributed by atoms with Crippen molar-refractivity contribution in [2.24, 2.45) is 0 Å².